The average Bonchev–Trinajstić information content (AvgIpc) is 2.00. The zero-order valence-corrected chi connectivity index (χ0v) is 8.90. The Hall–Kier alpha value is -0.530. The minimum absolute atomic E-state index is 0.0951. The van der Waals surface area contributed by atoms with E-state index < -0.39 is 0 Å². The molecule has 0 aliphatic rings. The van der Waals surface area contributed by atoms with Crippen LogP contribution in [0.5, 0.6) is 0 Å². The standard InChI is InChI=1S/C10H21NO/c1-6-10(4,5)7-11-9(12)8(2)3/h8H,6-7H2,1-5H3,(H,11,12). The normalized spacial score (nSPS) is 11.8. The van der Waals surface area contributed by atoms with E-state index in [0.717, 1.165) is 13.0 Å². The zero-order chi connectivity index (χ0) is 9.78. The van der Waals surface area contributed by atoms with Crippen molar-refractivity contribution in [1.29, 1.82) is 0 Å². The van der Waals surface area contributed by atoms with Gasteiger partial charge in [0.05, 0.1) is 0 Å². The van der Waals surface area contributed by atoms with E-state index in [4.69, 9.17) is 0 Å². The van der Waals surface area contributed by atoms with Crippen LogP contribution in [0, 0.1) is 11.3 Å². The molecule has 0 radical (unpaired) electrons. The maximum atomic E-state index is 11.2. The van der Waals surface area contributed by atoms with Crippen LogP contribution in [0.2, 0.25) is 0 Å². The van der Waals surface area contributed by atoms with Gasteiger partial charge in [-0.3, -0.25) is 4.79 Å². The summed E-state index contributed by atoms with van der Waals surface area (Å²) in [4.78, 5) is 11.2. The number of rotatable bonds is 4. The molecule has 0 aromatic rings. The van der Waals surface area contributed by atoms with Gasteiger partial charge in [0.15, 0.2) is 0 Å². The average molecular weight is 171 g/mol. The van der Waals surface area contributed by atoms with Crippen LogP contribution in [0.3, 0.4) is 0 Å². The van der Waals surface area contributed by atoms with Crippen LogP contribution in [-0.4, -0.2) is 12.5 Å². The molecule has 0 aliphatic heterocycles. The maximum Gasteiger partial charge on any atom is 0.222 e. The van der Waals surface area contributed by atoms with Crippen molar-refractivity contribution in [2.45, 2.75) is 41.0 Å². The summed E-state index contributed by atoms with van der Waals surface area (Å²) in [7, 11) is 0. The van der Waals surface area contributed by atoms with Crippen LogP contribution < -0.4 is 5.32 Å². The predicted molar refractivity (Wildman–Crippen MR) is 51.9 cm³/mol. The predicted octanol–water partition coefficient (Wildman–Crippen LogP) is 2.19. The molecule has 1 N–H and O–H groups in total. The van der Waals surface area contributed by atoms with E-state index in [-0.39, 0.29) is 17.2 Å². The van der Waals surface area contributed by atoms with Crippen molar-refractivity contribution in [2.75, 3.05) is 6.54 Å². The van der Waals surface area contributed by atoms with E-state index in [1.807, 2.05) is 13.8 Å². The van der Waals surface area contributed by atoms with Crippen LogP contribution in [0.4, 0.5) is 0 Å². The van der Waals surface area contributed by atoms with Crippen molar-refractivity contribution in [3.63, 3.8) is 0 Å². The lowest BCUT2D eigenvalue weighted by atomic mass is 9.90. The Labute approximate surface area is 75.7 Å². The van der Waals surface area contributed by atoms with E-state index in [2.05, 4.69) is 26.1 Å². The number of amides is 1. The van der Waals surface area contributed by atoms with E-state index in [9.17, 15) is 4.79 Å². The summed E-state index contributed by atoms with van der Waals surface area (Å²) in [6.45, 7) is 11.1. The third kappa shape index (κ3) is 4.37. The Bertz CT molecular complexity index is 150. The van der Waals surface area contributed by atoms with Gasteiger partial charge in [0, 0.05) is 12.5 Å². The quantitative estimate of drug-likeness (QED) is 0.690. The summed E-state index contributed by atoms with van der Waals surface area (Å²) < 4.78 is 0. The molecule has 1 amide bonds. The van der Waals surface area contributed by atoms with Crippen molar-refractivity contribution in [2.24, 2.45) is 11.3 Å². The summed E-state index contributed by atoms with van der Waals surface area (Å²) in [6.07, 6.45) is 1.09. The Morgan fingerprint density at radius 1 is 1.42 bits per heavy atom. The third-order valence-electron chi connectivity index (χ3n) is 2.22. The molecular formula is C10H21NO. The first-order valence-corrected chi connectivity index (χ1v) is 4.67. The van der Waals surface area contributed by atoms with Crippen LogP contribution in [0.15, 0.2) is 0 Å². The van der Waals surface area contributed by atoms with E-state index in [1.165, 1.54) is 0 Å². The first kappa shape index (κ1) is 11.5. The van der Waals surface area contributed by atoms with Crippen LogP contribution >= 0.6 is 0 Å². The summed E-state index contributed by atoms with van der Waals surface area (Å²) in [5, 5.41) is 2.93. The lowest BCUT2D eigenvalue weighted by Crippen LogP contribution is -2.35. The van der Waals surface area contributed by atoms with Crippen molar-refractivity contribution in [1.82, 2.24) is 5.32 Å². The molecule has 0 fully saturated rings. The Kier molecular flexibility index (Phi) is 4.29. The van der Waals surface area contributed by atoms with Gasteiger partial charge in [-0.15, -0.1) is 0 Å². The molecular weight excluding hydrogens is 150 g/mol. The van der Waals surface area contributed by atoms with E-state index in [1.54, 1.807) is 0 Å². The Balaban J connectivity index is 3.76. The molecule has 0 bridgehead atoms. The molecule has 0 heterocycles. The Morgan fingerprint density at radius 3 is 2.25 bits per heavy atom. The van der Waals surface area contributed by atoms with E-state index in [0.29, 0.717) is 0 Å². The van der Waals surface area contributed by atoms with Crippen molar-refractivity contribution >= 4 is 5.91 Å². The zero-order valence-electron chi connectivity index (χ0n) is 8.90. The fourth-order valence-electron chi connectivity index (χ4n) is 0.656. The molecule has 0 saturated heterocycles. The maximum absolute atomic E-state index is 11.2. The van der Waals surface area contributed by atoms with Crippen molar-refractivity contribution in [3.05, 3.63) is 0 Å². The molecule has 12 heavy (non-hydrogen) atoms. The summed E-state index contributed by atoms with van der Waals surface area (Å²) in [5.74, 6) is 0.245. The lowest BCUT2D eigenvalue weighted by molar-refractivity contribution is -0.124. The van der Waals surface area contributed by atoms with Gasteiger partial charge in [0.2, 0.25) is 5.91 Å². The van der Waals surface area contributed by atoms with Gasteiger partial charge in [-0.1, -0.05) is 34.6 Å². The molecule has 0 rings (SSSR count). The van der Waals surface area contributed by atoms with Crippen LogP contribution in [0.25, 0.3) is 0 Å². The van der Waals surface area contributed by atoms with Crippen molar-refractivity contribution in [3.8, 4) is 0 Å². The molecule has 2 heteroatoms. The van der Waals surface area contributed by atoms with E-state index >= 15 is 0 Å². The second-order valence-corrected chi connectivity index (χ2v) is 4.39. The largest absolute Gasteiger partial charge is 0.355 e. The van der Waals surface area contributed by atoms with Crippen LogP contribution in [0.1, 0.15) is 41.0 Å². The molecule has 0 atom stereocenters. The highest BCUT2D eigenvalue weighted by molar-refractivity contribution is 5.77. The van der Waals surface area contributed by atoms with Gasteiger partial charge in [0.25, 0.3) is 0 Å². The van der Waals surface area contributed by atoms with Gasteiger partial charge >= 0.3 is 0 Å². The monoisotopic (exact) mass is 171 g/mol. The molecule has 72 valence electrons. The Morgan fingerprint density at radius 2 is 1.92 bits per heavy atom. The minimum atomic E-state index is 0.0951. The highest BCUT2D eigenvalue weighted by Crippen LogP contribution is 2.17. The molecule has 0 aromatic heterocycles. The summed E-state index contributed by atoms with van der Waals surface area (Å²) in [5.41, 5.74) is 0.227. The SMILES string of the molecule is CCC(C)(C)CNC(=O)C(C)C. The fraction of sp³-hybridized carbons (Fsp3) is 0.900. The first-order chi connectivity index (χ1) is 5.39. The van der Waals surface area contributed by atoms with Gasteiger partial charge in [0.1, 0.15) is 0 Å². The second kappa shape index (κ2) is 4.48. The number of hydrogen-bond acceptors (Lipinski definition) is 1. The van der Waals surface area contributed by atoms with Gasteiger partial charge in [-0.2, -0.15) is 0 Å². The highest BCUT2D eigenvalue weighted by atomic mass is 16.1. The number of hydrogen-bond donors (Lipinski definition) is 1. The smallest absolute Gasteiger partial charge is 0.222 e. The molecule has 0 unspecified atom stereocenters. The summed E-state index contributed by atoms with van der Waals surface area (Å²) >= 11 is 0. The van der Waals surface area contributed by atoms with Crippen molar-refractivity contribution < 1.29 is 4.79 Å². The summed E-state index contributed by atoms with van der Waals surface area (Å²) in [6, 6.07) is 0. The fourth-order valence-corrected chi connectivity index (χ4v) is 0.656. The molecule has 0 aromatic carbocycles. The third-order valence-corrected chi connectivity index (χ3v) is 2.22. The number of nitrogens with one attached hydrogen (secondary N) is 1. The highest BCUT2D eigenvalue weighted by Gasteiger charge is 2.16. The second-order valence-electron chi connectivity index (χ2n) is 4.39. The topological polar surface area (TPSA) is 29.1 Å². The molecule has 0 saturated carbocycles. The van der Waals surface area contributed by atoms with Crippen LogP contribution in [-0.2, 0) is 4.79 Å². The number of carbonyl (C=O) groups is 1. The first-order valence-electron chi connectivity index (χ1n) is 4.67. The number of carbonyl (C=O) groups excluding carboxylic acids is 1. The molecule has 0 spiro atoms. The minimum Gasteiger partial charge on any atom is -0.355 e. The molecule has 0 aliphatic carbocycles. The lowest BCUT2D eigenvalue weighted by Gasteiger charge is -2.23. The molecule has 2 nitrogen and oxygen atoms in total. The van der Waals surface area contributed by atoms with Gasteiger partial charge in [-0.25, -0.2) is 0 Å². The van der Waals surface area contributed by atoms with Gasteiger partial charge < -0.3 is 5.32 Å². The van der Waals surface area contributed by atoms with Gasteiger partial charge in [-0.05, 0) is 11.8 Å².